The van der Waals surface area contributed by atoms with Gasteiger partial charge >= 0.3 is 0 Å². The Morgan fingerprint density at radius 3 is 1.38 bits per heavy atom. The van der Waals surface area contributed by atoms with Gasteiger partial charge in [-0.1, -0.05) is 63.7 Å². The summed E-state index contributed by atoms with van der Waals surface area (Å²) in [5, 5.41) is 0. The Labute approximate surface area is 134 Å². The van der Waals surface area contributed by atoms with Gasteiger partial charge in [-0.05, 0) is 60.1 Å². The van der Waals surface area contributed by atoms with E-state index in [9.17, 15) is 0 Å². The monoisotopic (exact) mass is 298 g/mol. The minimum Gasteiger partial charge on any atom is -0.0895 e. The molecule has 0 aliphatic heterocycles. The summed E-state index contributed by atoms with van der Waals surface area (Å²) in [6.45, 7) is 8.94. The highest BCUT2D eigenvalue weighted by atomic mass is 32.2. The summed E-state index contributed by atoms with van der Waals surface area (Å²) in [6, 6.07) is 13.9. The van der Waals surface area contributed by atoms with E-state index in [1.165, 1.54) is 32.0 Å². The summed E-state index contributed by atoms with van der Waals surface area (Å²) in [6.07, 6.45) is 4.43. The van der Waals surface area contributed by atoms with Crippen LogP contribution < -0.4 is 0 Å². The van der Waals surface area contributed by atoms with Crippen molar-refractivity contribution in [2.45, 2.75) is 63.2 Å². The van der Waals surface area contributed by atoms with Crippen LogP contribution in [0.25, 0.3) is 0 Å². The average molecular weight is 298 g/mol. The molecule has 1 heteroatoms. The van der Waals surface area contributed by atoms with Crippen molar-refractivity contribution in [1.29, 1.82) is 0 Å². The van der Waals surface area contributed by atoms with Crippen molar-refractivity contribution in [3.63, 3.8) is 0 Å². The lowest BCUT2D eigenvalue weighted by Gasteiger charge is -2.13. The molecule has 0 aromatic heterocycles. The topological polar surface area (TPSA) is 0 Å². The van der Waals surface area contributed by atoms with E-state index in [2.05, 4.69) is 64.1 Å². The molecule has 2 rings (SSSR count). The van der Waals surface area contributed by atoms with E-state index < -0.39 is 0 Å². The first-order valence-corrected chi connectivity index (χ1v) is 8.94. The van der Waals surface area contributed by atoms with Crippen LogP contribution in [-0.2, 0) is 25.7 Å². The molecule has 0 fully saturated rings. The van der Waals surface area contributed by atoms with Crippen molar-refractivity contribution < 1.29 is 0 Å². The molecule has 0 aliphatic carbocycles. The van der Waals surface area contributed by atoms with Crippen LogP contribution in [-0.4, -0.2) is 0 Å². The van der Waals surface area contributed by atoms with Crippen LogP contribution in [0.4, 0.5) is 0 Å². The fourth-order valence-electron chi connectivity index (χ4n) is 2.58. The molecule has 0 saturated carbocycles. The fraction of sp³-hybridized carbons (Fsp3) is 0.400. The third-order valence-corrected chi connectivity index (χ3v) is 5.28. The zero-order chi connectivity index (χ0) is 15.2. The summed E-state index contributed by atoms with van der Waals surface area (Å²) in [7, 11) is 0. The quantitative estimate of drug-likeness (QED) is 0.622. The molecular weight excluding hydrogens is 272 g/mol. The van der Waals surface area contributed by atoms with Crippen LogP contribution in [0.5, 0.6) is 0 Å². The lowest BCUT2D eigenvalue weighted by atomic mass is 10.1. The summed E-state index contributed by atoms with van der Waals surface area (Å²) in [5.74, 6) is 0. The van der Waals surface area contributed by atoms with Gasteiger partial charge in [0.2, 0.25) is 0 Å². The number of aryl methyl sites for hydroxylation is 4. The third-order valence-electron chi connectivity index (χ3n) is 4.05. The second-order valence-corrected chi connectivity index (χ2v) is 6.48. The van der Waals surface area contributed by atoms with Crippen LogP contribution in [0, 0.1) is 0 Å². The summed E-state index contributed by atoms with van der Waals surface area (Å²) in [4.78, 5) is 2.82. The molecule has 0 atom stereocenters. The van der Waals surface area contributed by atoms with Gasteiger partial charge in [0.05, 0.1) is 0 Å². The predicted molar refractivity (Wildman–Crippen MR) is 94.5 cm³/mol. The molecule has 0 bridgehead atoms. The first-order valence-electron chi connectivity index (χ1n) is 8.13. The number of rotatable bonds is 6. The van der Waals surface area contributed by atoms with E-state index in [4.69, 9.17) is 0 Å². The Kier molecular flexibility index (Phi) is 5.93. The Balaban J connectivity index is 2.33. The minimum atomic E-state index is 1.10. The van der Waals surface area contributed by atoms with Crippen LogP contribution in [0.1, 0.15) is 49.9 Å². The molecule has 0 nitrogen and oxygen atoms in total. The lowest BCUT2D eigenvalue weighted by Crippen LogP contribution is -1.92. The molecule has 0 saturated heterocycles. The van der Waals surface area contributed by atoms with Crippen molar-refractivity contribution in [3.05, 3.63) is 58.7 Å². The zero-order valence-corrected chi connectivity index (χ0v) is 14.5. The SMILES string of the molecule is CCc1ccc(Sc2ccc(CC)cc2CC)c(CC)c1. The van der Waals surface area contributed by atoms with Gasteiger partial charge in [0, 0.05) is 9.79 Å². The van der Waals surface area contributed by atoms with Gasteiger partial charge in [-0.2, -0.15) is 0 Å². The van der Waals surface area contributed by atoms with Gasteiger partial charge in [-0.25, -0.2) is 0 Å². The van der Waals surface area contributed by atoms with Gasteiger partial charge in [0.1, 0.15) is 0 Å². The fourth-order valence-corrected chi connectivity index (χ4v) is 3.75. The minimum absolute atomic E-state index is 1.10. The first kappa shape index (κ1) is 16.2. The van der Waals surface area contributed by atoms with Gasteiger partial charge in [0.25, 0.3) is 0 Å². The van der Waals surface area contributed by atoms with Crippen molar-refractivity contribution in [2.75, 3.05) is 0 Å². The van der Waals surface area contributed by atoms with Crippen molar-refractivity contribution >= 4 is 11.8 Å². The number of hydrogen-bond donors (Lipinski definition) is 0. The maximum absolute atomic E-state index is 2.37. The highest BCUT2D eigenvalue weighted by molar-refractivity contribution is 7.99. The van der Waals surface area contributed by atoms with Crippen molar-refractivity contribution in [1.82, 2.24) is 0 Å². The second kappa shape index (κ2) is 7.70. The molecule has 0 aliphatic rings. The van der Waals surface area contributed by atoms with Gasteiger partial charge in [-0.3, -0.25) is 0 Å². The second-order valence-electron chi connectivity index (χ2n) is 5.40. The number of benzene rings is 2. The van der Waals surface area contributed by atoms with E-state index >= 15 is 0 Å². The zero-order valence-electron chi connectivity index (χ0n) is 13.7. The van der Waals surface area contributed by atoms with E-state index in [1.807, 2.05) is 11.8 Å². The van der Waals surface area contributed by atoms with Crippen molar-refractivity contribution in [3.8, 4) is 0 Å². The van der Waals surface area contributed by atoms with Crippen LogP contribution in [0.2, 0.25) is 0 Å². The maximum Gasteiger partial charge on any atom is 0.0154 e. The Morgan fingerprint density at radius 1 is 0.619 bits per heavy atom. The van der Waals surface area contributed by atoms with Crippen LogP contribution >= 0.6 is 11.8 Å². The molecule has 112 valence electrons. The van der Waals surface area contributed by atoms with Crippen LogP contribution in [0.15, 0.2) is 46.2 Å². The maximum atomic E-state index is 2.37. The molecule has 0 N–H and O–H groups in total. The first-order chi connectivity index (χ1) is 10.2. The van der Waals surface area contributed by atoms with E-state index in [1.54, 1.807) is 0 Å². The summed E-state index contributed by atoms with van der Waals surface area (Å²) >= 11 is 1.93. The molecule has 0 unspecified atom stereocenters. The van der Waals surface area contributed by atoms with Gasteiger partial charge < -0.3 is 0 Å². The molecule has 2 aromatic carbocycles. The smallest absolute Gasteiger partial charge is 0.0154 e. The Morgan fingerprint density at radius 2 is 1.05 bits per heavy atom. The molecular formula is C20H26S. The predicted octanol–water partition coefficient (Wildman–Crippen LogP) is 6.09. The van der Waals surface area contributed by atoms with E-state index in [0.717, 1.165) is 25.7 Å². The van der Waals surface area contributed by atoms with Gasteiger partial charge in [-0.15, -0.1) is 0 Å². The average Bonchev–Trinajstić information content (AvgIpc) is 2.55. The largest absolute Gasteiger partial charge is 0.0895 e. The molecule has 0 amide bonds. The molecule has 0 radical (unpaired) electrons. The summed E-state index contributed by atoms with van der Waals surface area (Å²) < 4.78 is 0. The van der Waals surface area contributed by atoms with Gasteiger partial charge in [0.15, 0.2) is 0 Å². The number of hydrogen-bond acceptors (Lipinski definition) is 1. The summed E-state index contributed by atoms with van der Waals surface area (Å²) in [5.41, 5.74) is 5.82. The van der Waals surface area contributed by atoms with E-state index in [-0.39, 0.29) is 0 Å². The molecule has 2 aromatic rings. The Hall–Kier alpha value is -1.21. The third kappa shape index (κ3) is 3.91. The Bertz CT molecular complexity index is 545. The normalized spacial score (nSPS) is 10.9. The van der Waals surface area contributed by atoms with E-state index in [0.29, 0.717) is 0 Å². The molecule has 0 heterocycles. The van der Waals surface area contributed by atoms with Crippen LogP contribution in [0.3, 0.4) is 0 Å². The highest BCUT2D eigenvalue weighted by Gasteiger charge is 2.08. The highest BCUT2D eigenvalue weighted by Crippen LogP contribution is 2.34. The molecule has 21 heavy (non-hydrogen) atoms. The standard InChI is InChI=1S/C20H26S/c1-5-15-9-11-19(17(7-3)13-15)21-20-12-10-16(6-2)14-18(20)8-4/h9-14H,5-8H2,1-4H3. The molecule has 0 spiro atoms. The lowest BCUT2D eigenvalue weighted by molar-refractivity contribution is 1.03. The van der Waals surface area contributed by atoms with Crippen molar-refractivity contribution in [2.24, 2.45) is 0 Å².